The lowest BCUT2D eigenvalue weighted by Gasteiger charge is -2.28. The van der Waals surface area contributed by atoms with Crippen LogP contribution < -0.4 is 5.32 Å². The number of hydrogen-bond donors (Lipinski definition) is 1. The minimum Gasteiger partial charge on any atom is -0.340 e. The molecule has 19 heavy (non-hydrogen) atoms. The quantitative estimate of drug-likeness (QED) is 0.884. The van der Waals surface area contributed by atoms with E-state index in [-0.39, 0.29) is 5.91 Å². The van der Waals surface area contributed by atoms with E-state index in [1.807, 2.05) is 17.0 Å². The van der Waals surface area contributed by atoms with Gasteiger partial charge in [-0.3, -0.25) is 4.79 Å². The Bertz CT molecular complexity index is 448. The van der Waals surface area contributed by atoms with E-state index >= 15 is 0 Å². The van der Waals surface area contributed by atoms with Crippen molar-refractivity contribution in [2.24, 2.45) is 0 Å². The van der Waals surface area contributed by atoms with E-state index in [0.717, 1.165) is 51.0 Å². The van der Waals surface area contributed by atoms with E-state index in [4.69, 9.17) is 0 Å². The van der Waals surface area contributed by atoms with Gasteiger partial charge in [0.25, 0.3) is 5.91 Å². The number of hydrogen-bond acceptors (Lipinski definition) is 2. The van der Waals surface area contributed by atoms with Crippen LogP contribution in [-0.2, 0) is 0 Å². The number of likely N-dealkylation sites (tertiary alicyclic amines) is 1. The highest BCUT2D eigenvalue weighted by atomic mass is 16.2. The average Bonchev–Trinajstić information content (AvgIpc) is 3.07. The van der Waals surface area contributed by atoms with Crippen molar-refractivity contribution in [3.63, 3.8) is 0 Å². The Balaban J connectivity index is 1.81. The molecule has 1 aromatic heterocycles. The maximum atomic E-state index is 12.7. The molecule has 0 saturated carbocycles. The van der Waals surface area contributed by atoms with E-state index in [0.29, 0.717) is 12.1 Å². The lowest BCUT2D eigenvalue weighted by Crippen LogP contribution is -2.36. The number of piperidine rings is 1. The molecule has 2 aliphatic rings. The zero-order valence-corrected chi connectivity index (χ0v) is 11.6. The fraction of sp³-hybridized carbons (Fsp3) is 0.667. The standard InChI is InChI=1S/C15H23N3O/c1-12-4-2-10-17(12)15(19)14-5-3-11-18(14)13-6-8-16-9-7-13/h3,5,11-13,16H,2,4,6-10H2,1H3. The molecule has 3 rings (SSSR count). The second kappa shape index (κ2) is 5.37. The van der Waals surface area contributed by atoms with Gasteiger partial charge in [0.15, 0.2) is 0 Å². The molecule has 4 heteroatoms. The third kappa shape index (κ3) is 2.41. The molecule has 0 aliphatic carbocycles. The highest BCUT2D eigenvalue weighted by molar-refractivity contribution is 5.93. The third-order valence-electron chi connectivity index (χ3n) is 4.51. The van der Waals surface area contributed by atoms with E-state index in [1.165, 1.54) is 0 Å². The van der Waals surface area contributed by atoms with Gasteiger partial charge in [0.2, 0.25) is 0 Å². The zero-order chi connectivity index (χ0) is 13.2. The number of aromatic nitrogens is 1. The first-order valence-corrected chi connectivity index (χ1v) is 7.46. The summed E-state index contributed by atoms with van der Waals surface area (Å²) >= 11 is 0. The molecule has 2 saturated heterocycles. The van der Waals surface area contributed by atoms with Gasteiger partial charge in [0, 0.05) is 24.8 Å². The minimum absolute atomic E-state index is 0.216. The fourth-order valence-electron chi connectivity index (χ4n) is 3.36. The summed E-state index contributed by atoms with van der Waals surface area (Å²) in [5, 5.41) is 3.38. The van der Waals surface area contributed by atoms with Crippen LogP contribution in [0.2, 0.25) is 0 Å². The van der Waals surface area contributed by atoms with Gasteiger partial charge >= 0.3 is 0 Å². The number of carbonyl (C=O) groups excluding carboxylic acids is 1. The Morgan fingerprint density at radius 1 is 1.32 bits per heavy atom. The molecule has 1 amide bonds. The molecular weight excluding hydrogens is 238 g/mol. The maximum absolute atomic E-state index is 12.7. The molecule has 2 aliphatic heterocycles. The molecule has 1 unspecified atom stereocenters. The van der Waals surface area contributed by atoms with Gasteiger partial charge in [-0.25, -0.2) is 0 Å². The van der Waals surface area contributed by atoms with Crippen molar-refractivity contribution in [1.82, 2.24) is 14.8 Å². The molecule has 0 aromatic carbocycles. The Morgan fingerprint density at radius 3 is 2.79 bits per heavy atom. The molecule has 4 nitrogen and oxygen atoms in total. The fourth-order valence-corrected chi connectivity index (χ4v) is 3.36. The Morgan fingerprint density at radius 2 is 2.11 bits per heavy atom. The summed E-state index contributed by atoms with van der Waals surface area (Å²) in [6, 6.07) is 4.86. The summed E-state index contributed by atoms with van der Waals surface area (Å²) in [5.41, 5.74) is 0.876. The van der Waals surface area contributed by atoms with Gasteiger partial charge in [-0.15, -0.1) is 0 Å². The molecule has 1 atom stereocenters. The molecule has 3 heterocycles. The van der Waals surface area contributed by atoms with Crippen LogP contribution in [0.25, 0.3) is 0 Å². The van der Waals surface area contributed by atoms with E-state index in [9.17, 15) is 4.79 Å². The SMILES string of the molecule is CC1CCCN1C(=O)c1cccn1C1CCNCC1. The first kappa shape index (κ1) is 12.7. The van der Waals surface area contributed by atoms with E-state index in [1.54, 1.807) is 0 Å². The molecule has 1 aromatic rings. The van der Waals surface area contributed by atoms with Gasteiger partial charge in [-0.1, -0.05) is 0 Å². The van der Waals surface area contributed by atoms with Crippen molar-refractivity contribution in [2.45, 2.75) is 44.7 Å². The van der Waals surface area contributed by atoms with Crippen LogP contribution in [0.3, 0.4) is 0 Å². The smallest absolute Gasteiger partial charge is 0.270 e. The molecule has 2 fully saturated rings. The number of amides is 1. The minimum atomic E-state index is 0.216. The lowest BCUT2D eigenvalue weighted by molar-refractivity contribution is 0.0732. The van der Waals surface area contributed by atoms with Crippen LogP contribution in [0.4, 0.5) is 0 Å². The molecule has 104 valence electrons. The van der Waals surface area contributed by atoms with Crippen molar-refractivity contribution in [2.75, 3.05) is 19.6 Å². The molecule has 0 spiro atoms. The van der Waals surface area contributed by atoms with E-state index < -0.39 is 0 Å². The maximum Gasteiger partial charge on any atom is 0.270 e. The van der Waals surface area contributed by atoms with Crippen LogP contribution >= 0.6 is 0 Å². The second-order valence-corrected chi connectivity index (χ2v) is 5.77. The number of rotatable bonds is 2. The summed E-state index contributed by atoms with van der Waals surface area (Å²) < 4.78 is 2.20. The summed E-state index contributed by atoms with van der Waals surface area (Å²) in [4.78, 5) is 14.7. The van der Waals surface area contributed by atoms with Gasteiger partial charge < -0.3 is 14.8 Å². The van der Waals surface area contributed by atoms with Crippen LogP contribution in [0, 0.1) is 0 Å². The van der Waals surface area contributed by atoms with Crippen molar-refractivity contribution >= 4 is 5.91 Å². The first-order chi connectivity index (χ1) is 9.27. The van der Waals surface area contributed by atoms with Gasteiger partial charge in [0.05, 0.1) is 0 Å². The molecule has 0 radical (unpaired) electrons. The lowest BCUT2D eigenvalue weighted by atomic mass is 10.1. The first-order valence-electron chi connectivity index (χ1n) is 7.46. The monoisotopic (exact) mass is 261 g/mol. The zero-order valence-electron chi connectivity index (χ0n) is 11.6. The summed E-state index contributed by atoms with van der Waals surface area (Å²) in [6.45, 7) is 5.17. The van der Waals surface area contributed by atoms with E-state index in [2.05, 4.69) is 23.0 Å². The topological polar surface area (TPSA) is 37.3 Å². The van der Waals surface area contributed by atoms with Crippen LogP contribution in [0.1, 0.15) is 49.1 Å². The number of nitrogens with one attached hydrogen (secondary N) is 1. The normalized spacial score (nSPS) is 24.9. The predicted molar refractivity (Wildman–Crippen MR) is 75.3 cm³/mol. The van der Waals surface area contributed by atoms with Crippen LogP contribution in [0.15, 0.2) is 18.3 Å². The number of carbonyl (C=O) groups is 1. The summed E-state index contributed by atoms with van der Waals surface area (Å²) in [7, 11) is 0. The van der Waals surface area contributed by atoms with Crippen molar-refractivity contribution in [3.8, 4) is 0 Å². The molecule has 1 N–H and O–H groups in total. The number of nitrogens with zero attached hydrogens (tertiary/aromatic N) is 2. The van der Waals surface area contributed by atoms with Gasteiger partial charge in [-0.05, 0) is 57.8 Å². The average molecular weight is 261 g/mol. The van der Waals surface area contributed by atoms with Gasteiger partial charge in [-0.2, -0.15) is 0 Å². The predicted octanol–water partition coefficient (Wildman–Crippen LogP) is 2.04. The summed E-state index contributed by atoms with van der Waals surface area (Å²) in [6.07, 6.45) is 6.58. The van der Waals surface area contributed by atoms with Crippen molar-refractivity contribution < 1.29 is 4.79 Å². The van der Waals surface area contributed by atoms with Gasteiger partial charge in [0.1, 0.15) is 5.69 Å². The van der Waals surface area contributed by atoms with Crippen molar-refractivity contribution in [3.05, 3.63) is 24.0 Å². The largest absolute Gasteiger partial charge is 0.340 e. The Kier molecular flexibility index (Phi) is 3.60. The summed E-state index contributed by atoms with van der Waals surface area (Å²) in [5.74, 6) is 0.216. The van der Waals surface area contributed by atoms with Crippen LogP contribution in [-0.4, -0.2) is 41.1 Å². The van der Waals surface area contributed by atoms with Crippen LogP contribution in [0.5, 0.6) is 0 Å². The molecule has 0 bridgehead atoms. The Hall–Kier alpha value is -1.29. The van der Waals surface area contributed by atoms with Crippen molar-refractivity contribution in [1.29, 1.82) is 0 Å². The third-order valence-corrected chi connectivity index (χ3v) is 4.51. The molecular formula is C15H23N3O. The second-order valence-electron chi connectivity index (χ2n) is 5.77. The Labute approximate surface area is 114 Å². The highest BCUT2D eigenvalue weighted by Crippen LogP contribution is 2.24. The highest BCUT2D eigenvalue weighted by Gasteiger charge is 2.29.